The second kappa shape index (κ2) is 6.20. The van der Waals surface area contributed by atoms with E-state index >= 15 is 0 Å². The summed E-state index contributed by atoms with van der Waals surface area (Å²) in [4.78, 5) is 15.0. The second-order valence-electron chi connectivity index (χ2n) is 6.13. The highest BCUT2D eigenvalue weighted by Gasteiger charge is 2.34. The average Bonchev–Trinajstić information content (AvgIpc) is 3.11. The van der Waals surface area contributed by atoms with Gasteiger partial charge >= 0.3 is 0 Å². The Morgan fingerprint density at radius 2 is 2.22 bits per heavy atom. The summed E-state index contributed by atoms with van der Waals surface area (Å²) in [7, 11) is 1.99. The van der Waals surface area contributed by atoms with Crippen molar-refractivity contribution in [3.8, 4) is 0 Å². The van der Waals surface area contributed by atoms with Crippen LogP contribution in [0.2, 0.25) is 0 Å². The molecule has 1 saturated heterocycles. The van der Waals surface area contributed by atoms with Gasteiger partial charge in [-0.15, -0.1) is 0 Å². The second-order valence-corrected chi connectivity index (χ2v) is 6.13. The molecule has 2 aromatic heterocycles. The van der Waals surface area contributed by atoms with Gasteiger partial charge in [0, 0.05) is 31.0 Å². The number of hydrogen-bond donors (Lipinski definition) is 0. The maximum absolute atomic E-state index is 13.1. The number of rotatable bonds is 3. The van der Waals surface area contributed by atoms with Crippen LogP contribution in [0.25, 0.3) is 0 Å². The number of carbonyl (C=O) groups excluding carboxylic acids is 1. The highest BCUT2D eigenvalue weighted by atomic mass is 16.5. The highest BCUT2D eigenvalue weighted by molar-refractivity contribution is 5.84. The first-order chi connectivity index (χ1) is 11.0. The van der Waals surface area contributed by atoms with Gasteiger partial charge in [-0.3, -0.25) is 4.79 Å². The zero-order chi connectivity index (χ0) is 16.6. The summed E-state index contributed by atoms with van der Waals surface area (Å²) in [6.07, 6.45) is 1.99. The minimum absolute atomic E-state index is 0.0563. The van der Waals surface area contributed by atoms with Gasteiger partial charge in [0.15, 0.2) is 0 Å². The average molecular weight is 317 g/mol. The molecular weight excluding hydrogens is 294 g/mol. The Balaban J connectivity index is 1.89. The van der Waals surface area contributed by atoms with Crippen molar-refractivity contribution in [3.05, 3.63) is 41.0 Å². The van der Waals surface area contributed by atoms with E-state index < -0.39 is 0 Å². The third-order valence-electron chi connectivity index (χ3n) is 4.63. The fourth-order valence-electron chi connectivity index (χ4n) is 3.41. The molecule has 0 aliphatic carbocycles. The van der Waals surface area contributed by atoms with Gasteiger partial charge < -0.3 is 18.7 Å². The molecule has 1 aliphatic rings. The lowest BCUT2D eigenvalue weighted by atomic mass is 9.96. The number of carbonyl (C=O) groups is 1. The van der Waals surface area contributed by atoms with E-state index in [0.29, 0.717) is 25.5 Å². The Bertz CT molecular complexity index is 684. The Hall–Kier alpha value is -2.08. The summed E-state index contributed by atoms with van der Waals surface area (Å²) in [6, 6.07) is 3.98. The Kier molecular flexibility index (Phi) is 4.26. The highest BCUT2D eigenvalue weighted by Crippen LogP contribution is 2.30. The van der Waals surface area contributed by atoms with Gasteiger partial charge in [0.25, 0.3) is 0 Å². The smallest absolute Gasteiger partial charge is 0.230 e. The van der Waals surface area contributed by atoms with E-state index in [-0.39, 0.29) is 17.9 Å². The number of nitrogens with zero attached hydrogens (tertiary/aromatic N) is 3. The zero-order valence-corrected chi connectivity index (χ0v) is 14.1. The van der Waals surface area contributed by atoms with Crippen LogP contribution in [0.1, 0.15) is 41.6 Å². The van der Waals surface area contributed by atoms with Gasteiger partial charge in [-0.2, -0.15) is 0 Å². The maximum atomic E-state index is 13.1. The molecule has 6 heteroatoms. The Labute approximate surface area is 136 Å². The SMILES string of the molecule is Cc1noc(C)c1[C@@H](C)C(=O)N1CCOC[C@@H]1c1cccn1C. The van der Waals surface area contributed by atoms with E-state index in [2.05, 4.69) is 5.16 Å². The van der Waals surface area contributed by atoms with Crippen LogP contribution in [-0.4, -0.2) is 40.3 Å². The van der Waals surface area contributed by atoms with Crippen LogP contribution in [-0.2, 0) is 16.6 Å². The van der Waals surface area contributed by atoms with Gasteiger partial charge in [0.05, 0.1) is 30.9 Å². The van der Waals surface area contributed by atoms with Crippen LogP contribution < -0.4 is 0 Å². The molecule has 0 spiro atoms. The van der Waals surface area contributed by atoms with Crippen LogP contribution >= 0.6 is 0 Å². The quantitative estimate of drug-likeness (QED) is 0.872. The molecule has 23 heavy (non-hydrogen) atoms. The molecule has 1 aliphatic heterocycles. The molecule has 1 amide bonds. The zero-order valence-electron chi connectivity index (χ0n) is 14.1. The predicted octanol–water partition coefficient (Wildman–Crippen LogP) is 2.33. The van der Waals surface area contributed by atoms with Crippen molar-refractivity contribution in [2.75, 3.05) is 19.8 Å². The van der Waals surface area contributed by atoms with Gasteiger partial charge in [-0.05, 0) is 32.9 Å². The van der Waals surface area contributed by atoms with Gasteiger partial charge in [0.2, 0.25) is 5.91 Å². The summed E-state index contributed by atoms with van der Waals surface area (Å²) in [5.41, 5.74) is 2.77. The molecule has 6 nitrogen and oxygen atoms in total. The number of aryl methyl sites for hydroxylation is 3. The van der Waals surface area contributed by atoms with E-state index in [4.69, 9.17) is 9.26 Å². The predicted molar refractivity (Wildman–Crippen MR) is 85.1 cm³/mol. The molecular formula is C17H23N3O3. The van der Waals surface area contributed by atoms with Crippen LogP contribution in [0.4, 0.5) is 0 Å². The molecule has 0 saturated carbocycles. The third-order valence-corrected chi connectivity index (χ3v) is 4.63. The van der Waals surface area contributed by atoms with Crippen molar-refractivity contribution in [1.82, 2.24) is 14.6 Å². The standard InChI is InChI=1S/C17H23N3O3/c1-11(16-12(2)18-23-13(16)3)17(21)20-8-9-22-10-15(20)14-6-5-7-19(14)4/h5-7,11,15H,8-10H2,1-4H3/t11-,15-/m1/s1. The third kappa shape index (κ3) is 2.79. The van der Waals surface area contributed by atoms with Crippen LogP contribution in [0, 0.1) is 13.8 Å². The summed E-state index contributed by atoms with van der Waals surface area (Å²) in [6.45, 7) is 7.35. The summed E-state index contributed by atoms with van der Waals surface area (Å²) in [5, 5.41) is 3.97. The summed E-state index contributed by atoms with van der Waals surface area (Å²) in [5.74, 6) is 0.531. The Morgan fingerprint density at radius 3 is 2.83 bits per heavy atom. The fourth-order valence-corrected chi connectivity index (χ4v) is 3.41. The Morgan fingerprint density at radius 1 is 1.43 bits per heavy atom. The number of morpholine rings is 1. The van der Waals surface area contributed by atoms with Crippen molar-refractivity contribution in [2.24, 2.45) is 7.05 Å². The topological polar surface area (TPSA) is 60.5 Å². The lowest BCUT2D eigenvalue weighted by Gasteiger charge is -2.37. The van der Waals surface area contributed by atoms with Crippen LogP contribution in [0.3, 0.4) is 0 Å². The molecule has 3 heterocycles. The first kappa shape index (κ1) is 15.8. The molecule has 3 rings (SSSR count). The first-order valence-corrected chi connectivity index (χ1v) is 7.93. The van der Waals surface area contributed by atoms with E-state index in [0.717, 1.165) is 17.0 Å². The van der Waals surface area contributed by atoms with Gasteiger partial charge in [0.1, 0.15) is 5.76 Å². The van der Waals surface area contributed by atoms with Crippen molar-refractivity contribution in [3.63, 3.8) is 0 Å². The van der Waals surface area contributed by atoms with E-state index in [9.17, 15) is 4.79 Å². The molecule has 0 unspecified atom stereocenters. The number of ether oxygens (including phenoxy) is 1. The van der Waals surface area contributed by atoms with Crippen molar-refractivity contribution < 1.29 is 14.1 Å². The number of hydrogen-bond acceptors (Lipinski definition) is 4. The van der Waals surface area contributed by atoms with Crippen LogP contribution in [0.15, 0.2) is 22.9 Å². The molecule has 2 atom stereocenters. The lowest BCUT2D eigenvalue weighted by Crippen LogP contribution is -2.45. The molecule has 0 bridgehead atoms. The van der Waals surface area contributed by atoms with Gasteiger partial charge in [-0.1, -0.05) is 5.16 Å². The van der Waals surface area contributed by atoms with E-state index in [1.54, 1.807) is 0 Å². The monoisotopic (exact) mass is 317 g/mol. The fraction of sp³-hybridized carbons (Fsp3) is 0.529. The minimum atomic E-state index is -0.276. The van der Waals surface area contributed by atoms with Crippen molar-refractivity contribution in [2.45, 2.75) is 32.7 Å². The molecule has 1 fully saturated rings. The first-order valence-electron chi connectivity index (χ1n) is 7.93. The molecule has 2 aromatic rings. The lowest BCUT2D eigenvalue weighted by molar-refractivity contribution is -0.141. The molecule has 0 N–H and O–H groups in total. The van der Waals surface area contributed by atoms with Crippen LogP contribution in [0.5, 0.6) is 0 Å². The molecule has 124 valence electrons. The number of amides is 1. The van der Waals surface area contributed by atoms with Crippen molar-refractivity contribution in [1.29, 1.82) is 0 Å². The number of aromatic nitrogens is 2. The molecule has 0 aromatic carbocycles. The molecule has 0 radical (unpaired) electrons. The maximum Gasteiger partial charge on any atom is 0.230 e. The minimum Gasteiger partial charge on any atom is -0.377 e. The largest absolute Gasteiger partial charge is 0.377 e. The summed E-state index contributed by atoms with van der Waals surface area (Å²) < 4.78 is 12.9. The normalized spacial score (nSPS) is 19.8. The van der Waals surface area contributed by atoms with E-state index in [1.807, 2.05) is 55.6 Å². The van der Waals surface area contributed by atoms with E-state index in [1.165, 1.54) is 0 Å². The summed E-state index contributed by atoms with van der Waals surface area (Å²) >= 11 is 0. The van der Waals surface area contributed by atoms with Gasteiger partial charge in [-0.25, -0.2) is 0 Å². The van der Waals surface area contributed by atoms with Crippen molar-refractivity contribution >= 4 is 5.91 Å².